The Morgan fingerprint density at radius 3 is 2.65 bits per heavy atom. The van der Waals surface area contributed by atoms with Crippen LogP contribution >= 0.6 is 15.9 Å². The maximum absolute atomic E-state index is 12.9. The van der Waals surface area contributed by atoms with E-state index in [1.807, 2.05) is 45.0 Å². The van der Waals surface area contributed by atoms with Gasteiger partial charge in [-0.1, -0.05) is 28.1 Å². The number of benzene rings is 2. The summed E-state index contributed by atoms with van der Waals surface area (Å²) in [4.78, 5) is 26.8. The molecule has 0 bridgehead atoms. The second kappa shape index (κ2) is 7.92. The van der Waals surface area contributed by atoms with E-state index in [0.29, 0.717) is 29.9 Å². The van der Waals surface area contributed by atoms with Crippen molar-refractivity contribution in [3.05, 3.63) is 58.1 Å². The van der Waals surface area contributed by atoms with E-state index >= 15 is 0 Å². The molecule has 0 spiro atoms. The fourth-order valence-electron chi connectivity index (χ4n) is 3.60. The van der Waals surface area contributed by atoms with Crippen LogP contribution in [0, 0.1) is 0 Å². The smallest absolute Gasteiger partial charge is 0.410 e. The van der Waals surface area contributed by atoms with E-state index < -0.39 is 5.60 Å². The van der Waals surface area contributed by atoms with Crippen molar-refractivity contribution < 1.29 is 19.4 Å². The lowest BCUT2D eigenvalue weighted by Crippen LogP contribution is -2.60. The summed E-state index contributed by atoms with van der Waals surface area (Å²) in [5, 5.41) is 16.3. The number of rotatable bonds is 3. The van der Waals surface area contributed by atoms with Gasteiger partial charge in [-0.05, 0) is 51.1 Å². The Hall–Kier alpha value is -3.00. The molecule has 2 aromatic carbocycles. The fraction of sp³-hybridized carbons (Fsp3) is 0.304. The van der Waals surface area contributed by atoms with E-state index in [1.54, 1.807) is 23.1 Å². The van der Waals surface area contributed by atoms with Crippen LogP contribution in [0.25, 0.3) is 11.3 Å². The van der Waals surface area contributed by atoms with Crippen molar-refractivity contribution in [2.45, 2.75) is 32.4 Å². The Morgan fingerprint density at radius 2 is 1.97 bits per heavy atom. The highest BCUT2D eigenvalue weighted by atomic mass is 79.9. The average Bonchev–Trinajstić information content (AvgIpc) is 2.94. The first-order valence-electron chi connectivity index (χ1n) is 10.00. The Balaban J connectivity index is 1.64. The van der Waals surface area contributed by atoms with Crippen LogP contribution in [0.15, 0.2) is 46.9 Å². The minimum Gasteiger partial charge on any atom is -0.508 e. The molecule has 1 fully saturated rings. The van der Waals surface area contributed by atoms with Gasteiger partial charge in [-0.3, -0.25) is 4.79 Å². The number of amides is 2. The third kappa shape index (κ3) is 4.54. The third-order valence-corrected chi connectivity index (χ3v) is 5.49. The quantitative estimate of drug-likeness (QED) is 0.567. The summed E-state index contributed by atoms with van der Waals surface area (Å²) in [7, 11) is 0. The first-order valence-corrected chi connectivity index (χ1v) is 10.8. The number of likely N-dealkylation sites (tertiary alicyclic amines) is 1. The molecular weight excluding hydrogens is 462 g/mol. The number of halogens is 1. The Morgan fingerprint density at radius 1 is 1.23 bits per heavy atom. The van der Waals surface area contributed by atoms with Gasteiger partial charge in [0.05, 0.1) is 17.3 Å². The maximum atomic E-state index is 12.9. The minimum atomic E-state index is -0.552. The zero-order valence-electron chi connectivity index (χ0n) is 17.5. The van der Waals surface area contributed by atoms with Crippen LogP contribution in [0.4, 0.5) is 10.5 Å². The number of nitrogens with zero attached hydrogens (tertiary/aromatic N) is 1. The van der Waals surface area contributed by atoms with E-state index in [4.69, 9.17) is 4.74 Å². The molecule has 0 aliphatic carbocycles. The zero-order chi connectivity index (χ0) is 22.3. The maximum Gasteiger partial charge on any atom is 0.410 e. The largest absolute Gasteiger partial charge is 0.508 e. The van der Waals surface area contributed by atoms with Crippen LogP contribution in [-0.4, -0.2) is 46.7 Å². The molecule has 2 heterocycles. The molecule has 2 aromatic rings. The lowest BCUT2D eigenvalue weighted by Gasteiger charge is -2.41. The first kappa shape index (κ1) is 21.2. The van der Waals surface area contributed by atoms with Gasteiger partial charge in [-0.15, -0.1) is 0 Å². The number of carbonyl (C=O) groups excluding carboxylic acids is 2. The van der Waals surface area contributed by atoms with Gasteiger partial charge >= 0.3 is 6.09 Å². The van der Waals surface area contributed by atoms with Crippen LogP contribution < -0.4 is 10.6 Å². The zero-order valence-corrected chi connectivity index (χ0v) is 19.1. The number of carbonyl (C=O) groups is 2. The van der Waals surface area contributed by atoms with Gasteiger partial charge in [-0.2, -0.15) is 0 Å². The van der Waals surface area contributed by atoms with Gasteiger partial charge in [0.1, 0.15) is 11.4 Å². The van der Waals surface area contributed by atoms with Crippen molar-refractivity contribution in [1.29, 1.82) is 0 Å². The van der Waals surface area contributed by atoms with Crippen molar-refractivity contribution in [2.24, 2.45) is 0 Å². The van der Waals surface area contributed by atoms with Crippen LogP contribution in [-0.2, 0) is 9.53 Å². The van der Waals surface area contributed by atoms with Gasteiger partial charge < -0.3 is 25.4 Å². The molecule has 2 aliphatic heterocycles. The molecule has 0 saturated carbocycles. The van der Waals surface area contributed by atoms with Gasteiger partial charge in [0.25, 0.3) is 5.91 Å². The molecule has 2 amide bonds. The molecule has 3 N–H and O–H groups in total. The van der Waals surface area contributed by atoms with E-state index in [1.165, 1.54) is 0 Å². The lowest BCUT2D eigenvalue weighted by atomic mass is 9.98. The van der Waals surface area contributed by atoms with Gasteiger partial charge in [-0.25, -0.2) is 4.79 Å². The van der Waals surface area contributed by atoms with Crippen molar-refractivity contribution in [2.75, 3.05) is 18.4 Å². The Labute approximate surface area is 189 Å². The second-order valence-corrected chi connectivity index (χ2v) is 9.59. The number of hydrogen-bond acceptors (Lipinski definition) is 5. The van der Waals surface area contributed by atoms with Crippen molar-refractivity contribution >= 4 is 44.9 Å². The third-order valence-electron chi connectivity index (χ3n) is 4.99. The Bertz CT molecular complexity index is 1080. The van der Waals surface area contributed by atoms with E-state index in [9.17, 15) is 14.7 Å². The first-order chi connectivity index (χ1) is 14.6. The molecule has 31 heavy (non-hydrogen) atoms. The summed E-state index contributed by atoms with van der Waals surface area (Å²) in [6.45, 7) is 6.41. The van der Waals surface area contributed by atoms with Crippen LogP contribution in [0.3, 0.4) is 0 Å². The number of phenolic OH excluding ortho intramolecular Hbond substituents is 1. The minimum absolute atomic E-state index is 0.0543. The van der Waals surface area contributed by atoms with E-state index in [2.05, 4.69) is 26.6 Å². The number of phenols is 1. The molecule has 0 aromatic heterocycles. The lowest BCUT2D eigenvalue weighted by molar-refractivity contribution is -0.110. The molecule has 162 valence electrons. The van der Waals surface area contributed by atoms with E-state index in [-0.39, 0.29) is 23.8 Å². The summed E-state index contributed by atoms with van der Waals surface area (Å²) in [6.07, 6.45) is -0.356. The molecule has 7 nitrogen and oxygen atoms in total. The Kier molecular flexibility index (Phi) is 5.43. The normalized spacial score (nSPS) is 17.5. The van der Waals surface area contributed by atoms with Crippen molar-refractivity contribution in [3.63, 3.8) is 0 Å². The second-order valence-electron chi connectivity index (χ2n) is 8.67. The van der Waals surface area contributed by atoms with Crippen molar-refractivity contribution in [3.8, 4) is 5.75 Å². The SMILES string of the molecule is CC(C)(C)OC(=O)N1CC(N/C(=C2\C(=O)Nc3ccc(Br)cc32)c2cccc(O)c2)C1. The number of nitrogens with one attached hydrogen (secondary N) is 2. The highest BCUT2D eigenvalue weighted by Crippen LogP contribution is 2.38. The summed E-state index contributed by atoms with van der Waals surface area (Å²) < 4.78 is 6.27. The standard InChI is InChI=1S/C23H24BrN3O4/c1-23(2,3)31-22(30)27-11-15(12-27)25-20(13-5-4-6-16(28)9-13)19-17-10-14(24)7-8-18(17)26-21(19)29/h4-10,15,25,28H,11-12H2,1-3H3,(H,26,29)/b20-19-. The summed E-state index contributed by atoms with van der Waals surface area (Å²) in [6, 6.07) is 12.3. The molecular formula is C23H24BrN3O4. The molecule has 0 unspecified atom stereocenters. The fourth-order valence-corrected chi connectivity index (χ4v) is 3.96. The van der Waals surface area contributed by atoms with E-state index in [0.717, 1.165) is 15.7 Å². The molecule has 0 radical (unpaired) electrons. The van der Waals surface area contributed by atoms with Crippen LogP contribution in [0.5, 0.6) is 5.75 Å². The number of ether oxygens (including phenoxy) is 1. The summed E-state index contributed by atoms with van der Waals surface area (Å²) in [5.74, 6) is -0.114. The molecule has 4 rings (SSSR count). The highest BCUT2D eigenvalue weighted by molar-refractivity contribution is 9.10. The van der Waals surface area contributed by atoms with Crippen molar-refractivity contribution in [1.82, 2.24) is 10.2 Å². The van der Waals surface area contributed by atoms with Gasteiger partial charge in [0.2, 0.25) is 0 Å². The number of anilines is 1. The molecule has 8 heteroatoms. The number of aromatic hydroxyl groups is 1. The highest BCUT2D eigenvalue weighted by Gasteiger charge is 2.36. The predicted octanol–water partition coefficient (Wildman–Crippen LogP) is 4.18. The van der Waals surface area contributed by atoms with Crippen LogP contribution in [0.2, 0.25) is 0 Å². The van der Waals surface area contributed by atoms with Crippen LogP contribution in [0.1, 0.15) is 31.9 Å². The summed E-state index contributed by atoms with van der Waals surface area (Å²) >= 11 is 3.47. The topological polar surface area (TPSA) is 90.9 Å². The number of fused-ring (bicyclic) bond motifs is 1. The average molecular weight is 486 g/mol. The molecule has 2 aliphatic rings. The monoisotopic (exact) mass is 485 g/mol. The van der Waals surface area contributed by atoms with Gasteiger partial charge in [0.15, 0.2) is 0 Å². The van der Waals surface area contributed by atoms with Gasteiger partial charge in [0, 0.05) is 34.4 Å². The molecule has 0 atom stereocenters. The number of hydrogen-bond donors (Lipinski definition) is 3. The summed E-state index contributed by atoms with van der Waals surface area (Å²) in [5.41, 5.74) is 2.74. The molecule has 1 saturated heterocycles. The predicted molar refractivity (Wildman–Crippen MR) is 122 cm³/mol.